The molecule has 0 spiro atoms. The maximum Gasteiger partial charge on any atom is 0.123 e. The van der Waals surface area contributed by atoms with Gasteiger partial charge in [-0.1, -0.05) is 30.3 Å². The molecule has 0 N–H and O–H groups in total. The molecule has 0 aromatic heterocycles. The molecule has 0 saturated heterocycles. The summed E-state index contributed by atoms with van der Waals surface area (Å²) in [6.45, 7) is 1.97. The zero-order chi connectivity index (χ0) is 9.97. The summed E-state index contributed by atoms with van der Waals surface area (Å²) in [4.78, 5) is 0. The molecule has 2 aromatic rings. The molecule has 0 saturated carbocycles. The SMILES string of the molecule is Cc1[c]cccc1-c1cccc(F)c1. The number of aryl methyl sites for hydroxylation is 1. The third kappa shape index (κ3) is 1.67. The Balaban J connectivity index is 2.55. The number of hydrogen-bond donors (Lipinski definition) is 0. The highest BCUT2D eigenvalue weighted by molar-refractivity contribution is 5.66. The van der Waals surface area contributed by atoms with E-state index >= 15 is 0 Å². The molecule has 0 atom stereocenters. The van der Waals surface area contributed by atoms with E-state index in [2.05, 4.69) is 6.07 Å². The van der Waals surface area contributed by atoms with Crippen molar-refractivity contribution in [2.45, 2.75) is 6.92 Å². The van der Waals surface area contributed by atoms with Crippen LogP contribution in [0.4, 0.5) is 4.39 Å². The minimum atomic E-state index is -0.203. The summed E-state index contributed by atoms with van der Waals surface area (Å²) in [5.41, 5.74) is 2.98. The molecule has 0 bridgehead atoms. The first-order chi connectivity index (χ1) is 6.77. The van der Waals surface area contributed by atoms with Gasteiger partial charge in [0.25, 0.3) is 0 Å². The fourth-order valence-corrected chi connectivity index (χ4v) is 1.49. The van der Waals surface area contributed by atoms with Crippen LogP contribution in [0.1, 0.15) is 5.56 Å². The second-order valence-electron chi connectivity index (χ2n) is 3.22. The summed E-state index contributed by atoms with van der Waals surface area (Å²) in [5.74, 6) is -0.203. The van der Waals surface area contributed by atoms with Gasteiger partial charge in [-0.2, -0.15) is 0 Å². The van der Waals surface area contributed by atoms with Crippen LogP contribution in [-0.4, -0.2) is 0 Å². The van der Waals surface area contributed by atoms with Crippen LogP contribution in [0.25, 0.3) is 11.1 Å². The Morgan fingerprint density at radius 2 is 2.00 bits per heavy atom. The van der Waals surface area contributed by atoms with Crippen LogP contribution in [0.15, 0.2) is 42.5 Å². The van der Waals surface area contributed by atoms with E-state index in [4.69, 9.17) is 0 Å². The fraction of sp³-hybridized carbons (Fsp3) is 0.0769. The van der Waals surface area contributed by atoms with Gasteiger partial charge in [0.05, 0.1) is 0 Å². The average molecular weight is 185 g/mol. The molecule has 0 amide bonds. The van der Waals surface area contributed by atoms with Gasteiger partial charge in [0.15, 0.2) is 0 Å². The molecule has 0 heterocycles. The summed E-state index contributed by atoms with van der Waals surface area (Å²) < 4.78 is 13.0. The van der Waals surface area contributed by atoms with Gasteiger partial charge in [-0.3, -0.25) is 0 Å². The molecular weight excluding hydrogens is 175 g/mol. The highest BCUT2D eigenvalue weighted by atomic mass is 19.1. The molecular formula is C13H10F. The first-order valence-electron chi connectivity index (χ1n) is 4.50. The second kappa shape index (κ2) is 3.62. The third-order valence-corrected chi connectivity index (χ3v) is 2.20. The van der Waals surface area contributed by atoms with Gasteiger partial charge in [0.2, 0.25) is 0 Å². The van der Waals surface area contributed by atoms with E-state index in [1.54, 1.807) is 6.07 Å². The van der Waals surface area contributed by atoms with Gasteiger partial charge < -0.3 is 0 Å². The van der Waals surface area contributed by atoms with Crippen LogP contribution in [0.3, 0.4) is 0 Å². The molecule has 2 rings (SSSR count). The van der Waals surface area contributed by atoms with Crippen LogP contribution in [0, 0.1) is 18.8 Å². The largest absolute Gasteiger partial charge is 0.207 e. The predicted octanol–water partition coefficient (Wildman–Crippen LogP) is 3.60. The zero-order valence-corrected chi connectivity index (χ0v) is 7.92. The fourth-order valence-electron chi connectivity index (χ4n) is 1.49. The maximum absolute atomic E-state index is 13.0. The smallest absolute Gasteiger partial charge is 0.123 e. The van der Waals surface area contributed by atoms with E-state index in [-0.39, 0.29) is 5.82 Å². The van der Waals surface area contributed by atoms with Crippen molar-refractivity contribution >= 4 is 0 Å². The van der Waals surface area contributed by atoms with Crippen molar-refractivity contribution in [3.8, 4) is 11.1 Å². The van der Waals surface area contributed by atoms with E-state index in [1.807, 2.05) is 31.2 Å². The minimum Gasteiger partial charge on any atom is -0.207 e. The lowest BCUT2D eigenvalue weighted by Gasteiger charge is -2.04. The Morgan fingerprint density at radius 1 is 1.14 bits per heavy atom. The monoisotopic (exact) mass is 185 g/mol. The maximum atomic E-state index is 13.0. The molecule has 0 unspecified atom stereocenters. The Kier molecular flexibility index (Phi) is 2.32. The van der Waals surface area contributed by atoms with Crippen LogP contribution in [0.5, 0.6) is 0 Å². The molecule has 0 nitrogen and oxygen atoms in total. The number of hydrogen-bond acceptors (Lipinski definition) is 0. The third-order valence-electron chi connectivity index (χ3n) is 2.20. The quantitative estimate of drug-likeness (QED) is 0.636. The van der Waals surface area contributed by atoms with Crippen LogP contribution in [0.2, 0.25) is 0 Å². The number of rotatable bonds is 1. The number of benzene rings is 2. The number of halogens is 1. The van der Waals surface area contributed by atoms with Crippen LogP contribution >= 0.6 is 0 Å². The normalized spacial score (nSPS) is 10.1. The van der Waals surface area contributed by atoms with Gasteiger partial charge in [-0.15, -0.1) is 0 Å². The molecule has 0 aliphatic heterocycles. The zero-order valence-electron chi connectivity index (χ0n) is 7.92. The van der Waals surface area contributed by atoms with E-state index in [9.17, 15) is 4.39 Å². The Hall–Kier alpha value is -1.63. The molecule has 1 radical (unpaired) electrons. The van der Waals surface area contributed by atoms with Crippen molar-refractivity contribution in [2.24, 2.45) is 0 Å². The predicted molar refractivity (Wildman–Crippen MR) is 55.4 cm³/mol. The van der Waals surface area contributed by atoms with Crippen molar-refractivity contribution in [3.63, 3.8) is 0 Å². The molecule has 0 aliphatic carbocycles. The van der Waals surface area contributed by atoms with Crippen molar-refractivity contribution in [1.29, 1.82) is 0 Å². The van der Waals surface area contributed by atoms with Crippen molar-refractivity contribution in [1.82, 2.24) is 0 Å². The Labute approximate surface area is 83.0 Å². The van der Waals surface area contributed by atoms with E-state index in [0.717, 1.165) is 16.7 Å². The topological polar surface area (TPSA) is 0 Å². The summed E-state index contributed by atoms with van der Waals surface area (Å²) in [7, 11) is 0. The Bertz CT molecular complexity index is 446. The van der Waals surface area contributed by atoms with Crippen molar-refractivity contribution in [3.05, 3.63) is 59.9 Å². The first kappa shape index (κ1) is 8.95. The molecule has 69 valence electrons. The highest BCUT2D eigenvalue weighted by Crippen LogP contribution is 2.22. The van der Waals surface area contributed by atoms with Gasteiger partial charge in [-0.25, -0.2) is 4.39 Å². The lowest BCUT2D eigenvalue weighted by Crippen LogP contribution is -1.83. The highest BCUT2D eigenvalue weighted by Gasteiger charge is 2.01. The second-order valence-corrected chi connectivity index (χ2v) is 3.22. The molecule has 14 heavy (non-hydrogen) atoms. The lowest BCUT2D eigenvalue weighted by atomic mass is 10.0. The van der Waals surface area contributed by atoms with Gasteiger partial charge >= 0.3 is 0 Å². The first-order valence-corrected chi connectivity index (χ1v) is 4.50. The lowest BCUT2D eigenvalue weighted by molar-refractivity contribution is 0.628. The molecule has 1 heteroatoms. The summed E-state index contributed by atoms with van der Waals surface area (Å²) in [6, 6.07) is 15.4. The average Bonchev–Trinajstić information content (AvgIpc) is 2.18. The van der Waals surface area contributed by atoms with Gasteiger partial charge in [0, 0.05) is 0 Å². The molecule has 0 aliphatic rings. The summed E-state index contributed by atoms with van der Waals surface area (Å²) in [6.07, 6.45) is 0. The minimum absolute atomic E-state index is 0.203. The van der Waals surface area contributed by atoms with E-state index in [0.29, 0.717) is 0 Å². The van der Waals surface area contributed by atoms with Crippen molar-refractivity contribution in [2.75, 3.05) is 0 Å². The van der Waals surface area contributed by atoms with Gasteiger partial charge in [0.1, 0.15) is 5.82 Å². The van der Waals surface area contributed by atoms with Gasteiger partial charge in [-0.05, 0) is 41.8 Å². The summed E-state index contributed by atoms with van der Waals surface area (Å²) in [5, 5.41) is 0. The van der Waals surface area contributed by atoms with Crippen molar-refractivity contribution < 1.29 is 4.39 Å². The van der Waals surface area contributed by atoms with Crippen LogP contribution in [-0.2, 0) is 0 Å². The van der Waals surface area contributed by atoms with E-state index in [1.165, 1.54) is 12.1 Å². The Morgan fingerprint density at radius 3 is 2.71 bits per heavy atom. The standard InChI is InChI=1S/C13H10F/c1-10-5-2-3-8-13(10)11-6-4-7-12(14)9-11/h2-4,6-9H,1H3. The molecule has 0 fully saturated rings. The van der Waals surface area contributed by atoms with E-state index < -0.39 is 0 Å². The van der Waals surface area contributed by atoms with Crippen LogP contribution < -0.4 is 0 Å². The summed E-state index contributed by atoms with van der Waals surface area (Å²) >= 11 is 0. The molecule has 2 aromatic carbocycles.